The van der Waals surface area contributed by atoms with Gasteiger partial charge in [-0.1, -0.05) is 34.1 Å². The van der Waals surface area contributed by atoms with Gasteiger partial charge in [0.25, 0.3) is 0 Å². The van der Waals surface area contributed by atoms with Gasteiger partial charge in [-0.25, -0.2) is 4.68 Å². The van der Waals surface area contributed by atoms with Crippen LogP contribution in [0.1, 0.15) is 12.0 Å². The van der Waals surface area contributed by atoms with Crippen molar-refractivity contribution in [2.24, 2.45) is 5.92 Å². The average Bonchev–Trinajstić information content (AvgIpc) is 3.38. The van der Waals surface area contributed by atoms with Crippen LogP contribution in [-0.4, -0.2) is 34.7 Å². The van der Waals surface area contributed by atoms with E-state index in [1.165, 1.54) is 0 Å². The molecule has 1 fully saturated rings. The zero-order chi connectivity index (χ0) is 20.2. The summed E-state index contributed by atoms with van der Waals surface area (Å²) in [6.45, 7) is 0.960. The lowest BCUT2D eigenvalue weighted by Crippen LogP contribution is -2.34. The highest BCUT2D eigenvalue weighted by Gasteiger charge is 2.34. The lowest BCUT2D eigenvalue weighted by atomic mass is 10.1. The molecule has 0 bridgehead atoms. The van der Waals surface area contributed by atoms with Gasteiger partial charge in [0.1, 0.15) is 0 Å². The number of carbonyl (C=O) groups is 2. The van der Waals surface area contributed by atoms with Gasteiger partial charge in [0.05, 0.1) is 11.6 Å². The van der Waals surface area contributed by atoms with Gasteiger partial charge in [-0.15, -0.1) is 0 Å². The summed E-state index contributed by atoms with van der Waals surface area (Å²) < 4.78 is 2.72. The number of benzene rings is 2. The lowest BCUT2D eigenvalue weighted by molar-refractivity contribution is -0.126. The summed E-state index contributed by atoms with van der Waals surface area (Å²) in [7, 11) is 0. The van der Waals surface area contributed by atoms with Crippen molar-refractivity contribution in [2.75, 3.05) is 18.0 Å². The van der Waals surface area contributed by atoms with Gasteiger partial charge in [-0.05, 0) is 48.4 Å². The van der Waals surface area contributed by atoms with Gasteiger partial charge in [0.2, 0.25) is 11.8 Å². The Morgan fingerprint density at radius 1 is 1.14 bits per heavy atom. The Morgan fingerprint density at radius 2 is 1.97 bits per heavy atom. The van der Waals surface area contributed by atoms with Crippen molar-refractivity contribution >= 4 is 33.4 Å². The number of anilines is 1. The molecule has 6 nitrogen and oxygen atoms in total. The molecule has 148 valence electrons. The van der Waals surface area contributed by atoms with Gasteiger partial charge >= 0.3 is 0 Å². The quantitative estimate of drug-likeness (QED) is 0.623. The largest absolute Gasteiger partial charge is 0.355 e. The van der Waals surface area contributed by atoms with Crippen LogP contribution in [0.4, 0.5) is 5.69 Å². The molecule has 1 aliphatic heterocycles. The second-order valence-corrected chi connectivity index (χ2v) is 7.96. The van der Waals surface area contributed by atoms with E-state index in [0.717, 1.165) is 27.8 Å². The number of nitrogens with one attached hydrogen (secondary N) is 1. The number of halogens is 1. The third-order valence-electron chi connectivity index (χ3n) is 5.03. The molecular formula is C22H21BrN4O2. The van der Waals surface area contributed by atoms with E-state index in [1.807, 2.05) is 60.8 Å². The second kappa shape index (κ2) is 8.61. The fourth-order valence-electron chi connectivity index (χ4n) is 3.49. The van der Waals surface area contributed by atoms with E-state index in [2.05, 4.69) is 26.3 Å². The van der Waals surface area contributed by atoms with Crippen LogP contribution in [0.3, 0.4) is 0 Å². The Hall–Kier alpha value is -2.93. The van der Waals surface area contributed by atoms with Gasteiger partial charge in [0, 0.05) is 42.1 Å². The topological polar surface area (TPSA) is 67.2 Å². The highest BCUT2D eigenvalue weighted by Crippen LogP contribution is 2.27. The molecule has 1 aliphatic rings. The third kappa shape index (κ3) is 4.56. The number of aromatic nitrogens is 2. The normalized spacial score (nSPS) is 16.2. The molecule has 0 saturated carbocycles. The van der Waals surface area contributed by atoms with Crippen LogP contribution < -0.4 is 10.2 Å². The molecule has 0 aliphatic carbocycles. The highest BCUT2D eigenvalue weighted by molar-refractivity contribution is 9.10. The first-order valence-corrected chi connectivity index (χ1v) is 10.3. The van der Waals surface area contributed by atoms with Crippen molar-refractivity contribution in [1.82, 2.24) is 15.1 Å². The van der Waals surface area contributed by atoms with Crippen LogP contribution >= 0.6 is 15.9 Å². The molecule has 1 N–H and O–H groups in total. The number of carbonyl (C=O) groups excluding carboxylic acids is 2. The summed E-state index contributed by atoms with van der Waals surface area (Å²) >= 11 is 3.42. The first-order chi connectivity index (χ1) is 14.1. The molecule has 1 atom stereocenters. The van der Waals surface area contributed by atoms with Crippen LogP contribution in [0.25, 0.3) is 5.69 Å². The standard InChI is InChI=1S/C22H21BrN4O2/c23-18-3-1-4-20(14-18)26-15-17(13-21(26)28)22(29)24-11-9-16-5-7-19(8-6-16)27-12-2-10-25-27/h1-8,10,12,14,17H,9,11,13,15H2,(H,24,29). The van der Waals surface area contributed by atoms with E-state index in [9.17, 15) is 9.59 Å². The number of rotatable bonds is 6. The molecule has 29 heavy (non-hydrogen) atoms. The fraction of sp³-hybridized carbons (Fsp3) is 0.227. The van der Waals surface area contributed by atoms with E-state index in [-0.39, 0.29) is 24.2 Å². The maximum atomic E-state index is 12.5. The first kappa shape index (κ1) is 19.4. The van der Waals surface area contributed by atoms with E-state index >= 15 is 0 Å². The number of hydrogen-bond donors (Lipinski definition) is 1. The van der Waals surface area contributed by atoms with E-state index < -0.39 is 0 Å². The zero-order valence-corrected chi connectivity index (χ0v) is 17.4. The molecular weight excluding hydrogens is 432 g/mol. The SMILES string of the molecule is O=C(NCCc1ccc(-n2cccn2)cc1)C1CC(=O)N(c2cccc(Br)c2)C1. The van der Waals surface area contributed by atoms with Crippen molar-refractivity contribution in [3.63, 3.8) is 0 Å². The Labute approximate surface area is 177 Å². The number of amides is 2. The average molecular weight is 453 g/mol. The predicted octanol–water partition coefficient (Wildman–Crippen LogP) is 3.35. The van der Waals surface area contributed by atoms with Crippen molar-refractivity contribution in [3.05, 3.63) is 77.0 Å². The third-order valence-corrected chi connectivity index (χ3v) is 5.53. The molecule has 1 unspecified atom stereocenters. The predicted molar refractivity (Wildman–Crippen MR) is 115 cm³/mol. The van der Waals surface area contributed by atoms with Crippen LogP contribution in [0.15, 0.2) is 71.5 Å². The summed E-state index contributed by atoms with van der Waals surface area (Å²) in [5.41, 5.74) is 2.95. The molecule has 2 aromatic carbocycles. The minimum Gasteiger partial charge on any atom is -0.355 e. The maximum absolute atomic E-state index is 12.5. The van der Waals surface area contributed by atoms with E-state index in [4.69, 9.17) is 0 Å². The van der Waals surface area contributed by atoms with E-state index in [0.29, 0.717) is 13.1 Å². The molecule has 2 heterocycles. The van der Waals surface area contributed by atoms with Crippen molar-refractivity contribution in [2.45, 2.75) is 12.8 Å². The molecule has 0 spiro atoms. The molecule has 7 heteroatoms. The lowest BCUT2D eigenvalue weighted by Gasteiger charge is -2.17. The molecule has 0 radical (unpaired) electrons. The molecule has 1 aromatic heterocycles. The molecule has 3 aromatic rings. The fourth-order valence-corrected chi connectivity index (χ4v) is 3.88. The van der Waals surface area contributed by atoms with Crippen LogP contribution in [0.5, 0.6) is 0 Å². The zero-order valence-electron chi connectivity index (χ0n) is 15.8. The second-order valence-electron chi connectivity index (χ2n) is 7.04. The van der Waals surface area contributed by atoms with Gasteiger partial charge in [-0.3, -0.25) is 9.59 Å². The Morgan fingerprint density at radius 3 is 2.69 bits per heavy atom. The van der Waals surface area contributed by atoms with Crippen molar-refractivity contribution < 1.29 is 9.59 Å². The van der Waals surface area contributed by atoms with Crippen molar-refractivity contribution in [3.8, 4) is 5.69 Å². The van der Waals surface area contributed by atoms with Gasteiger partial charge in [0.15, 0.2) is 0 Å². The maximum Gasteiger partial charge on any atom is 0.227 e. The summed E-state index contributed by atoms with van der Waals surface area (Å²) in [6.07, 6.45) is 4.63. The summed E-state index contributed by atoms with van der Waals surface area (Å²) in [5.74, 6) is -0.398. The summed E-state index contributed by atoms with van der Waals surface area (Å²) in [6, 6.07) is 17.6. The molecule has 2 amide bonds. The van der Waals surface area contributed by atoms with Gasteiger partial charge in [-0.2, -0.15) is 5.10 Å². The molecule has 1 saturated heterocycles. The summed E-state index contributed by atoms with van der Waals surface area (Å²) in [4.78, 5) is 26.6. The smallest absolute Gasteiger partial charge is 0.227 e. The van der Waals surface area contributed by atoms with Crippen LogP contribution in [0, 0.1) is 5.92 Å². The first-order valence-electron chi connectivity index (χ1n) is 9.53. The number of hydrogen-bond acceptors (Lipinski definition) is 3. The monoisotopic (exact) mass is 452 g/mol. The Bertz CT molecular complexity index is 1000. The summed E-state index contributed by atoms with van der Waals surface area (Å²) in [5, 5.41) is 7.18. The van der Waals surface area contributed by atoms with Gasteiger partial charge < -0.3 is 10.2 Å². The van der Waals surface area contributed by atoms with E-state index in [1.54, 1.807) is 15.8 Å². The number of nitrogens with zero attached hydrogens (tertiary/aromatic N) is 3. The molecule has 4 rings (SSSR count). The Balaban J connectivity index is 1.28. The highest BCUT2D eigenvalue weighted by atomic mass is 79.9. The van der Waals surface area contributed by atoms with Crippen molar-refractivity contribution in [1.29, 1.82) is 0 Å². The Kier molecular flexibility index (Phi) is 5.76. The van der Waals surface area contributed by atoms with Crippen LogP contribution in [0.2, 0.25) is 0 Å². The van der Waals surface area contributed by atoms with Crippen LogP contribution in [-0.2, 0) is 16.0 Å². The minimum atomic E-state index is -0.316. The minimum absolute atomic E-state index is 0.0162.